The lowest BCUT2D eigenvalue weighted by atomic mass is 10.1. The molecule has 27 heavy (non-hydrogen) atoms. The molecule has 0 spiro atoms. The molecule has 1 fully saturated rings. The monoisotopic (exact) mass is 369 g/mol. The summed E-state index contributed by atoms with van der Waals surface area (Å²) < 4.78 is 8.21. The summed E-state index contributed by atoms with van der Waals surface area (Å²) in [6, 6.07) is 9.11. The number of carbonyl (C=O) groups excluding carboxylic acids is 1. The lowest BCUT2D eigenvalue weighted by Gasteiger charge is -2.33. The van der Waals surface area contributed by atoms with E-state index in [1.807, 2.05) is 12.1 Å². The summed E-state index contributed by atoms with van der Waals surface area (Å²) in [6.07, 6.45) is 6.85. The third-order valence-corrected chi connectivity index (χ3v) is 4.98. The molecule has 1 unspecified atom stereocenters. The number of nitrogens with zero attached hydrogens (tertiary/aromatic N) is 4. The molecule has 0 aliphatic carbocycles. The molecule has 0 bridgehead atoms. The first-order chi connectivity index (χ1) is 13.2. The van der Waals surface area contributed by atoms with E-state index >= 15 is 0 Å². The Bertz CT molecular complexity index is 953. The van der Waals surface area contributed by atoms with Gasteiger partial charge in [0.1, 0.15) is 12.3 Å². The van der Waals surface area contributed by atoms with Crippen molar-refractivity contribution in [1.29, 1.82) is 0 Å². The molecule has 142 valence electrons. The topological polar surface area (TPSA) is 84.8 Å². The molecule has 0 saturated carbocycles. The third kappa shape index (κ3) is 3.80. The van der Waals surface area contributed by atoms with Crippen LogP contribution < -0.4 is 11.0 Å². The molecule has 4 rings (SSSR count). The Labute approximate surface area is 156 Å². The van der Waals surface area contributed by atoms with Gasteiger partial charge >= 0.3 is 5.69 Å². The van der Waals surface area contributed by atoms with Crippen LogP contribution in [0.25, 0.3) is 5.65 Å². The number of furan rings is 1. The number of likely N-dealkylation sites (tertiary alicyclic amines) is 1. The highest BCUT2D eigenvalue weighted by Crippen LogP contribution is 2.24. The summed E-state index contributed by atoms with van der Waals surface area (Å²) in [5.74, 6) is 0.608. The Morgan fingerprint density at radius 2 is 2.04 bits per heavy atom. The van der Waals surface area contributed by atoms with Gasteiger partial charge in [-0.3, -0.25) is 14.1 Å². The van der Waals surface area contributed by atoms with Gasteiger partial charge in [-0.2, -0.15) is 0 Å². The first kappa shape index (κ1) is 17.5. The van der Waals surface area contributed by atoms with Gasteiger partial charge in [0.2, 0.25) is 5.91 Å². The summed E-state index contributed by atoms with van der Waals surface area (Å²) in [7, 11) is 0. The first-order valence-corrected chi connectivity index (χ1v) is 9.31. The van der Waals surface area contributed by atoms with Crippen molar-refractivity contribution in [3.63, 3.8) is 0 Å². The smallest absolute Gasteiger partial charge is 0.350 e. The zero-order chi connectivity index (χ0) is 18.6. The van der Waals surface area contributed by atoms with E-state index in [9.17, 15) is 9.59 Å². The van der Waals surface area contributed by atoms with Crippen LogP contribution in [0.3, 0.4) is 0 Å². The molecular formula is C19H23N5O3. The van der Waals surface area contributed by atoms with E-state index in [1.54, 1.807) is 30.7 Å². The van der Waals surface area contributed by atoms with Crippen molar-refractivity contribution in [1.82, 2.24) is 24.4 Å². The average molecular weight is 369 g/mol. The van der Waals surface area contributed by atoms with E-state index in [4.69, 9.17) is 4.42 Å². The van der Waals surface area contributed by atoms with E-state index in [0.717, 1.165) is 31.7 Å². The molecule has 1 amide bonds. The zero-order valence-electron chi connectivity index (χ0n) is 15.1. The molecule has 1 atom stereocenters. The van der Waals surface area contributed by atoms with Crippen molar-refractivity contribution >= 4 is 11.6 Å². The fourth-order valence-electron chi connectivity index (χ4n) is 3.59. The maximum atomic E-state index is 12.4. The first-order valence-electron chi connectivity index (χ1n) is 9.31. The number of nitrogens with one attached hydrogen (secondary N) is 1. The lowest BCUT2D eigenvalue weighted by Crippen LogP contribution is -2.42. The SMILES string of the molecule is O=C(Cn1nc2ccccn2c1=O)NCC(c1ccco1)N1CCCCC1. The molecule has 1 N–H and O–H groups in total. The molecule has 0 aromatic carbocycles. The predicted octanol–water partition coefficient (Wildman–Crippen LogP) is 1.43. The van der Waals surface area contributed by atoms with Gasteiger partial charge in [-0.25, -0.2) is 9.48 Å². The van der Waals surface area contributed by atoms with Gasteiger partial charge in [0, 0.05) is 12.7 Å². The second-order valence-corrected chi connectivity index (χ2v) is 6.80. The molecular weight excluding hydrogens is 346 g/mol. The average Bonchev–Trinajstić information content (AvgIpc) is 3.32. The summed E-state index contributed by atoms with van der Waals surface area (Å²) >= 11 is 0. The number of piperidine rings is 1. The van der Waals surface area contributed by atoms with Crippen molar-refractivity contribution in [2.24, 2.45) is 0 Å². The highest BCUT2D eigenvalue weighted by Gasteiger charge is 2.25. The highest BCUT2D eigenvalue weighted by molar-refractivity contribution is 5.75. The van der Waals surface area contributed by atoms with Crippen LogP contribution in [0.15, 0.2) is 52.0 Å². The summed E-state index contributed by atoms with van der Waals surface area (Å²) in [5.41, 5.74) is 0.205. The van der Waals surface area contributed by atoms with Crippen LogP contribution in [0.4, 0.5) is 0 Å². The Morgan fingerprint density at radius 1 is 1.19 bits per heavy atom. The van der Waals surface area contributed by atoms with Crippen molar-refractivity contribution in [2.45, 2.75) is 31.8 Å². The molecule has 3 aromatic heterocycles. The van der Waals surface area contributed by atoms with E-state index in [2.05, 4.69) is 15.3 Å². The lowest BCUT2D eigenvalue weighted by molar-refractivity contribution is -0.122. The van der Waals surface area contributed by atoms with Crippen molar-refractivity contribution in [3.8, 4) is 0 Å². The summed E-state index contributed by atoms with van der Waals surface area (Å²) in [4.78, 5) is 27.1. The minimum atomic E-state index is -0.320. The molecule has 8 heteroatoms. The van der Waals surface area contributed by atoms with Crippen LogP contribution >= 0.6 is 0 Å². The largest absolute Gasteiger partial charge is 0.468 e. The number of carbonyl (C=O) groups is 1. The summed E-state index contributed by atoms with van der Waals surface area (Å²) in [5, 5.41) is 7.14. The number of pyridine rings is 1. The van der Waals surface area contributed by atoms with E-state index in [-0.39, 0.29) is 24.2 Å². The fraction of sp³-hybridized carbons (Fsp3) is 0.421. The number of hydrogen-bond acceptors (Lipinski definition) is 5. The van der Waals surface area contributed by atoms with Gasteiger partial charge in [0.25, 0.3) is 0 Å². The molecule has 8 nitrogen and oxygen atoms in total. The number of hydrogen-bond donors (Lipinski definition) is 1. The fourth-order valence-corrected chi connectivity index (χ4v) is 3.59. The second-order valence-electron chi connectivity index (χ2n) is 6.80. The molecule has 4 heterocycles. The van der Waals surface area contributed by atoms with Gasteiger partial charge in [0.15, 0.2) is 5.65 Å². The third-order valence-electron chi connectivity index (χ3n) is 4.98. The molecule has 3 aromatic rings. The Hall–Kier alpha value is -2.87. The van der Waals surface area contributed by atoms with Gasteiger partial charge in [-0.1, -0.05) is 12.5 Å². The predicted molar refractivity (Wildman–Crippen MR) is 99.3 cm³/mol. The van der Waals surface area contributed by atoms with Crippen LogP contribution in [-0.2, 0) is 11.3 Å². The molecule has 1 aliphatic rings. The minimum Gasteiger partial charge on any atom is -0.468 e. The van der Waals surface area contributed by atoms with Gasteiger partial charge in [-0.15, -0.1) is 5.10 Å². The number of aromatic nitrogens is 3. The molecule has 1 aliphatic heterocycles. The van der Waals surface area contributed by atoms with E-state index in [1.165, 1.54) is 15.5 Å². The minimum absolute atomic E-state index is 0.00189. The van der Waals surface area contributed by atoms with Crippen LogP contribution in [0.5, 0.6) is 0 Å². The van der Waals surface area contributed by atoms with Crippen molar-refractivity contribution in [3.05, 3.63) is 59.0 Å². The van der Waals surface area contributed by atoms with Gasteiger partial charge < -0.3 is 9.73 Å². The van der Waals surface area contributed by atoms with E-state index < -0.39 is 0 Å². The Balaban J connectivity index is 1.43. The highest BCUT2D eigenvalue weighted by atomic mass is 16.3. The normalized spacial score (nSPS) is 16.4. The van der Waals surface area contributed by atoms with Gasteiger partial charge in [-0.05, 0) is 50.2 Å². The van der Waals surface area contributed by atoms with Crippen molar-refractivity contribution < 1.29 is 9.21 Å². The quantitative estimate of drug-likeness (QED) is 0.711. The maximum Gasteiger partial charge on any atom is 0.350 e. The Kier molecular flexibility index (Phi) is 5.06. The summed E-state index contributed by atoms with van der Waals surface area (Å²) in [6.45, 7) is 2.32. The van der Waals surface area contributed by atoms with E-state index in [0.29, 0.717) is 12.2 Å². The second kappa shape index (κ2) is 7.79. The van der Waals surface area contributed by atoms with Crippen LogP contribution in [0.1, 0.15) is 31.1 Å². The number of amides is 1. The van der Waals surface area contributed by atoms with Crippen LogP contribution in [0.2, 0.25) is 0 Å². The number of rotatable bonds is 6. The molecule has 1 saturated heterocycles. The zero-order valence-corrected chi connectivity index (χ0v) is 15.1. The maximum absolute atomic E-state index is 12.4. The number of fused-ring (bicyclic) bond motifs is 1. The van der Waals surface area contributed by atoms with Crippen molar-refractivity contribution in [2.75, 3.05) is 19.6 Å². The standard InChI is InChI=1S/C19H23N5O3/c25-18(14-24-19(26)23-11-5-2-8-17(23)21-24)20-13-15(16-7-6-12-27-16)22-9-3-1-4-10-22/h2,5-8,11-12,15H,1,3-4,9-10,13-14H2,(H,20,25). The Morgan fingerprint density at radius 3 is 2.78 bits per heavy atom. The van der Waals surface area contributed by atoms with Gasteiger partial charge in [0.05, 0.1) is 12.3 Å². The molecule has 0 radical (unpaired) electrons. The van der Waals surface area contributed by atoms with Crippen LogP contribution in [0, 0.1) is 0 Å². The van der Waals surface area contributed by atoms with Crippen LogP contribution in [-0.4, -0.2) is 44.6 Å².